The fourth-order valence-corrected chi connectivity index (χ4v) is 30.1. The van der Waals surface area contributed by atoms with Crippen LogP contribution in [0.4, 0.5) is 0 Å². The summed E-state index contributed by atoms with van der Waals surface area (Å²) in [4.78, 5) is 0. The third-order valence-corrected chi connectivity index (χ3v) is 31.9. The second-order valence-corrected chi connectivity index (χ2v) is 57.9. The molecule has 0 aromatic heterocycles. The molecule has 1 aliphatic rings. The highest BCUT2D eigenvalue weighted by Crippen LogP contribution is 2.42. The Kier molecular flexibility index (Phi) is 12.4. The number of rotatable bonds is 10. The third kappa shape index (κ3) is 8.42. The average molecular weight is 856 g/mol. The van der Waals surface area contributed by atoms with Crippen molar-refractivity contribution in [3.05, 3.63) is 75.0 Å². The third-order valence-electron chi connectivity index (χ3n) is 13.2. The molecule has 1 atom stereocenters. The number of benzene rings is 3. The van der Waals surface area contributed by atoms with Gasteiger partial charge in [0.2, 0.25) is 0 Å². The van der Waals surface area contributed by atoms with Gasteiger partial charge in [-0.15, -0.1) is 0 Å². The molecule has 4 rings (SSSR count). The monoisotopic (exact) mass is 854 g/mol. The highest BCUT2D eigenvalue weighted by atomic mass is 28.3. The van der Waals surface area contributed by atoms with E-state index in [1.165, 1.54) is 0 Å². The lowest BCUT2D eigenvalue weighted by Gasteiger charge is -2.48. The Hall–Kier alpha value is -1.34. The number of hydrogen-bond donors (Lipinski definition) is 0. The van der Waals surface area contributed by atoms with E-state index >= 15 is 0 Å². The predicted octanol–water partition coefficient (Wildman–Crippen LogP) is 9.20. The summed E-state index contributed by atoms with van der Waals surface area (Å²) >= 11 is 0. The van der Waals surface area contributed by atoms with Crippen molar-refractivity contribution < 1.29 is 0 Å². The molecule has 0 bridgehead atoms. The molecule has 3 aromatic carbocycles. The van der Waals surface area contributed by atoms with E-state index < -0.39 is 56.5 Å². The van der Waals surface area contributed by atoms with Gasteiger partial charge in [0, 0.05) is 0 Å². The summed E-state index contributed by atoms with van der Waals surface area (Å²) in [7, 11) is -13.6. The van der Waals surface area contributed by atoms with E-state index in [9.17, 15) is 0 Å². The van der Waals surface area contributed by atoms with Gasteiger partial charge in [-0.05, 0) is 68.6 Å². The first-order valence-corrected chi connectivity index (χ1v) is 44.4. The van der Waals surface area contributed by atoms with Crippen LogP contribution in [0.3, 0.4) is 0 Å². The summed E-state index contributed by atoms with van der Waals surface area (Å²) in [5.41, 5.74) is 9.45. The van der Waals surface area contributed by atoms with Gasteiger partial charge in [0.25, 0.3) is 0 Å². The van der Waals surface area contributed by atoms with Gasteiger partial charge in [0.15, 0.2) is 8.07 Å². The lowest BCUT2D eigenvalue weighted by molar-refractivity contribution is 0.851. The molecule has 0 spiro atoms. The van der Waals surface area contributed by atoms with Gasteiger partial charge in [0.1, 0.15) is 0 Å². The van der Waals surface area contributed by atoms with Crippen LogP contribution in [-0.4, -0.2) is 56.5 Å². The van der Waals surface area contributed by atoms with Gasteiger partial charge in [-0.3, -0.25) is 0 Å². The number of aryl methyl sites for hydroxylation is 3. The molecule has 0 saturated carbocycles. The average Bonchev–Trinajstić information content (AvgIpc) is 3.17. The van der Waals surface area contributed by atoms with Crippen LogP contribution >= 0.6 is 0 Å². The van der Waals surface area contributed by atoms with E-state index in [1.54, 1.807) is 85.3 Å². The van der Waals surface area contributed by atoms with Crippen molar-refractivity contribution >= 4 is 103 Å². The number of allylic oxidation sites excluding steroid dienone is 4. The van der Waals surface area contributed by atoms with E-state index in [0.717, 1.165) is 0 Å². The van der Waals surface area contributed by atoms with Crippen LogP contribution in [0, 0.1) is 26.7 Å². The molecular weight excluding hydrogens is 773 g/mol. The molecule has 0 radical (unpaired) electrons. The van der Waals surface area contributed by atoms with E-state index in [2.05, 4.69) is 203 Å². The van der Waals surface area contributed by atoms with Crippen molar-refractivity contribution in [3.63, 3.8) is 0 Å². The lowest BCUT2D eigenvalue weighted by atomic mass is 10.1. The van der Waals surface area contributed by atoms with Gasteiger partial charge in [-0.2, -0.15) is 0 Å². The fourth-order valence-electron chi connectivity index (χ4n) is 9.68. The Bertz CT molecular complexity index is 1870. The second kappa shape index (κ2) is 14.7. The predicted molar refractivity (Wildman–Crippen MR) is 276 cm³/mol. The minimum absolute atomic E-state index is 0.397. The second-order valence-electron chi connectivity index (χ2n) is 24.0. The first-order chi connectivity index (χ1) is 24.5. The van der Waals surface area contributed by atoms with Crippen LogP contribution in [0.5, 0.6) is 0 Å². The minimum atomic E-state index is -3.05. The quantitative estimate of drug-likeness (QED) is 0.141. The molecule has 7 heteroatoms. The van der Waals surface area contributed by atoms with Crippen LogP contribution in [0.2, 0.25) is 118 Å². The summed E-state index contributed by atoms with van der Waals surface area (Å²) in [5.74, 6) is 0.397. The molecule has 55 heavy (non-hydrogen) atoms. The topological polar surface area (TPSA) is 0 Å². The van der Waals surface area contributed by atoms with Gasteiger partial charge >= 0.3 is 0 Å². The highest BCUT2D eigenvalue weighted by Gasteiger charge is 2.55. The molecule has 3 aromatic rings. The lowest BCUT2D eigenvalue weighted by Crippen LogP contribution is -2.83. The molecule has 0 N–H and O–H groups in total. The van der Waals surface area contributed by atoms with Crippen molar-refractivity contribution in [1.29, 1.82) is 0 Å². The van der Waals surface area contributed by atoms with Crippen LogP contribution in [0.15, 0.2) is 58.3 Å². The Labute approximate surface area is 348 Å². The Morgan fingerprint density at radius 1 is 0.345 bits per heavy atom. The van der Waals surface area contributed by atoms with Crippen LogP contribution in [-0.2, 0) is 0 Å². The maximum atomic E-state index is 2.81. The summed E-state index contributed by atoms with van der Waals surface area (Å²) in [6.07, 6.45) is 0. The zero-order valence-corrected chi connectivity index (χ0v) is 47.5. The summed E-state index contributed by atoms with van der Waals surface area (Å²) in [5, 5.41) is 17.3. The largest absolute Gasteiger partial charge is 0.176 e. The maximum absolute atomic E-state index is 3.05. The van der Waals surface area contributed by atoms with Crippen molar-refractivity contribution in [3.8, 4) is 0 Å². The zero-order chi connectivity index (χ0) is 42.6. The van der Waals surface area contributed by atoms with E-state index in [-0.39, 0.29) is 0 Å². The first-order valence-electron chi connectivity index (χ1n) is 21.4. The van der Waals surface area contributed by atoms with Crippen LogP contribution in [0.25, 0.3) is 0 Å². The number of hydrogen-bond acceptors (Lipinski definition) is 0. The molecule has 1 unspecified atom stereocenters. The van der Waals surface area contributed by atoms with E-state index in [1.807, 2.05) is 0 Å². The fraction of sp³-hybridized carbons (Fsp3) is 0.542. The van der Waals surface area contributed by atoms with Gasteiger partial charge in [-0.25, -0.2) is 0 Å². The Balaban J connectivity index is 2.68. The maximum Gasteiger partial charge on any atom is 0.176 e. The molecular formula is C48H82Si7. The standard InChI is InChI=1S/C48H82Si7/c1-32-26-39(49(8,9)10)29-42(52(17,18)19)45(32)55(48-37(6)35(4)36(5)38(48)7,46-33(2)27-40(50(11,12)13)30-43(46)53(20,21)22)47-34(3)28-41(51(14,15)16)31-44(47)54(23,24)25/h26-31,37H,1-25H3. The molecule has 1 aliphatic carbocycles. The Morgan fingerprint density at radius 3 is 0.782 bits per heavy atom. The summed E-state index contributed by atoms with van der Waals surface area (Å²) < 4.78 is 0. The van der Waals surface area contributed by atoms with Crippen molar-refractivity contribution in [2.24, 2.45) is 5.92 Å². The van der Waals surface area contributed by atoms with Crippen LogP contribution in [0.1, 0.15) is 44.4 Å². The molecule has 0 heterocycles. The molecule has 0 nitrogen and oxygen atoms in total. The molecule has 0 aliphatic heterocycles. The van der Waals surface area contributed by atoms with Gasteiger partial charge in [-0.1, -0.05) is 225 Å². The Morgan fingerprint density at radius 2 is 0.600 bits per heavy atom. The zero-order valence-electron chi connectivity index (χ0n) is 40.5. The van der Waals surface area contributed by atoms with Crippen molar-refractivity contribution in [1.82, 2.24) is 0 Å². The summed E-state index contributed by atoms with van der Waals surface area (Å²) in [6.45, 7) is 64.8. The van der Waals surface area contributed by atoms with Crippen molar-refractivity contribution in [2.75, 3.05) is 0 Å². The van der Waals surface area contributed by atoms with Gasteiger partial charge < -0.3 is 0 Å². The highest BCUT2D eigenvalue weighted by molar-refractivity contribution is 7.23. The van der Waals surface area contributed by atoms with E-state index in [4.69, 9.17) is 0 Å². The van der Waals surface area contributed by atoms with Crippen molar-refractivity contribution in [2.45, 2.75) is 166 Å². The minimum Gasteiger partial charge on any atom is -0.0656 e. The molecule has 0 saturated heterocycles. The molecule has 0 fully saturated rings. The summed E-state index contributed by atoms with van der Waals surface area (Å²) in [6, 6.07) is 16.6. The molecule has 0 amide bonds. The SMILES string of the molecule is CC1=C(C)C(C)C([Si](c2c(C)cc([Si](C)(C)C)cc2[Si](C)(C)C)(c2c(C)cc([Si](C)(C)C)cc2[Si](C)(C)C)c2c(C)cc([Si](C)(C)C)cc2[Si](C)(C)C)=C1C. The molecule has 302 valence electrons. The normalized spacial score (nSPS) is 16.9. The van der Waals surface area contributed by atoms with Crippen LogP contribution < -0.4 is 46.7 Å². The smallest absolute Gasteiger partial charge is 0.0656 e. The van der Waals surface area contributed by atoms with Gasteiger partial charge in [0.05, 0.1) is 48.4 Å². The van der Waals surface area contributed by atoms with E-state index in [0.29, 0.717) is 5.92 Å². The first kappa shape index (κ1) is 46.3.